The molecule has 1 nitrogen and oxygen atoms in total. The number of hydrogen-bond donors (Lipinski definition) is 0. The second-order valence-electron chi connectivity index (χ2n) is 19.7. The summed E-state index contributed by atoms with van der Waals surface area (Å²) in [6.07, 6.45) is 0. The molecule has 1 heteroatoms. The van der Waals surface area contributed by atoms with Crippen molar-refractivity contribution in [3.63, 3.8) is 0 Å². The van der Waals surface area contributed by atoms with Crippen molar-refractivity contribution in [2.24, 2.45) is 0 Å². The zero-order valence-corrected chi connectivity index (χ0v) is 41.4. The molecule has 346 valence electrons. The molecular weight excluding hydrogens is 879 g/mol. The number of rotatable bonds is 9. The number of hydrogen-bond acceptors (Lipinski definition) is 0. The Labute approximate surface area is 427 Å². The standard InChI is InChI=1S/C72H53N/c1-4-73-69-13-9-8-12-63(69)66-44-62(40-43-70(66)73)57-28-26-52(27-29-57)54-32-36-59(37-33-54)72-65-42-39-60(55-18-14-47(2)15-19-55)45-67(65)71(64-41-38-61(46-68(64)72)56-20-16-48(3)17-21-56)58-34-30-53(31-35-58)51-24-22-50(23-25-51)49-10-6-5-7-11-49/h5-46H,4H2,1-3H3. The second-order valence-corrected chi connectivity index (χ2v) is 19.7. The van der Waals surface area contributed by atoms with Crippen molar-refractivity contribution in [3.8, 4) is 89.0 Å². The molecular formula is C72H53N. The van der Waals surface area contributed by atoms with E-state index in [1.165, 1.54) is 143 Å². The largest absolute Gasteiger partial charge is 0.341 e. The monoisotopic (exact) mass is 931 g/mol. The minimum Gasteiger partial charge on any atom is -0.341 e. The van der Waals surface area contributed by atoms with Crippen LogP contribution in [0.15, 0.2) is 255 Å². The molecule has 0 fully saturated rings. The molecule has 0 aliphatic carbocycles. The summed E-state index contributed by atoms with van der Waals surface area (Å²) in [6.45, 7) is 7.48. The fraction of sp³-hybridized carbons (Fsp3) is 0.0556. The van der Waals surface area contributed by atoms with E-state index >= 15 is 0 Å². The van der Waals surface area contributed by atoms with Gasteiger partial charge in [0.1, 0.15) is 0 Å². The van der Waals surface area contributed by atoms with Gasteiger partial charge < -0.3 is 4.57 Å². The van der Waals surface area contributed by atoms with Crippen LogP contribution in [-0.4, -0.2) is 4.57 Å². The number of aromatic nitrogens is 1. The quantitative estimate of drug-likeness (QED) is 0.127. The smallest absolute Gasteiger partial charge is 0.0491 e. The van der Waals surface area contributed by atoms with Crippen molar-refractivity contribution in [2.75, 3.05) is 0 Å². The summed E-state index contributed by atoms with van der Waals surface area (Å²) in [5.41, 5.74) is 24.5. The number of nitrogens with zero attached hydrogens (tertiary/aromatic N) is 1. The average Bonchev–Trinajstić information content (AvgIpc) is 3.78. The predicted molar refractivity (Wildman–Crippen MR) is 313 cm³/mol. The molecule has 0 amide bonds. The van der Waals surface area contributed by atoms with Gasteiger partial charge in [0, 0.05) is 28.4 Å². The van der Waals surface area contributed by atoms with Crippen LogP contribution in [0.3, 0.4) is 0 Å². The summed E-state index contributed by atoms with van der Waals surface area (Å²) in [5, 5.41) is 7.55. The average molecular weight is 932 g/mol. The molecule has 0 N–H and O–H groups in total. The number of aryl methyl sites for hydroxylation is 3. The van der Waals surface area contributed by atoms with E-state index in [0.29, 0.717) is 0 Å². The molecule has 12 aromatic carbocycles. The van der Waals surface area contributed by atoms with Gasteiger partial charge in [0.15, 0.2) is 0 Å². The lowest BCUT2D eigenvalue weighted by Crippen LogP contribution is -1.93. The zero-order valence-electron chi connectivity index (χ0n) is 41.4. The number of benzene rings is 12. The van der Waals surface area contributed by atoms with Crippen molar-refractivity contribution >= 4 is 43.4 Å². The maximum absolute atomic E-state index is 2.43. The van der Waals surface area contributed by atoms with E-state index in [4.69, 9.17) is 0 Å². The normalized spacial score (nSPS) is 11.5. The van der Waals surface area contributed by atoms with Crippen LogP contribution in [0.1, 0.15) is 18.1 Å². The fourth-order valence-electron chi connectivity index (χ4n) is 11.3. The van der Waals surface area contributed by atoms with Crippen LogP contribution in [0.4, 0.5) is 0 Å². The van der Waals surface area contributed by atoms with E-state index in [2.05, 4.69) is 280 Å². The third-order valence-corrected chi connectivity index (χ3v) is 15.2. The highest BCUT2D eigenvalue weighted by atomic mass is 15.0. The molecule has 1 heterocycles. The Kier molecular flexibility index (Phi) is 11.0. The molecule has 0 aliphatic heterocycles. The Morgan fingerprint density at radius 1 is 0.233 bits per heavy atom. The Bertz CT molecular complexity index is 4160. The first kappa shape index (κ1) is 43.9. The highest BCUT2D eigenvalue weighted by Crippen LogP contribution is 2.47. The van der Waals surface area contributed by atoms with Gasteiger partial charge in [0.25, 0.3) is 0 Å². The highest BCUT2D eigenvalue weighted by Gasteiger charge is 2.20. The Morgan fingerprint density at radius 3 is 0.959 bits per heavy atom. The summed E-state index contributed by atoms with van der Waals surface area (Å²) in [5.74, 6) is 0. The van der Waals surface area contributed by atoms with Crippen molar-refractivity contribution in [2.45, 2.75) is 27.3 Å². The van der Waals surface area contributed by atoms with Crippen LogP contribution < -0.4 is 0 Å². The maximum Gasteiger partial charge on any atom is 0.0491 e. The van der Waals surface area contributed by atoms with E-state index in [-0.39, 0.29) is 0 Å². The van der Waals surface area contributed by atoms with E-state index in [9.17, 15) is 0 Å². The summed E-state index contributed by atoms with van der Waals surface area (Å²) in [7, 11) is 0. The molecule has 13 rings (SSSR count). The fourth-order valence-corrected chi connectivity index (χ4v) is 11.3. The number of fused-ring (bicyclic) bond motifs is 5. The van der Waals surface area contributed by atoms with E-state index < -0.39 is 0 Å². The molecule has 13 aromatic rings. The zero-order chi connectivity index (χ0) is 49.0. The summed E-state index contributed by atoms with van der Waals surface area (Å²) in [6, 6.07) is 94.9. The van der Waals surface area contributed by atoms with Crippen molar-refractivity contribution in [1.82, 2.24) is 4.57 Å². The molecule has 0 atom stereocenters. The van der Waals surface area contributed by atoms with Crippen molar-refractivity contribution in [3.05, 3.63) is 266 Å². The van der Waals surface area contributed by atoms with Gasteiger partial charge in [0.2, 0.25) is 0 Å². The number of para-hydroxylation sites is 1. The van der Waals surface area contributed by atoms with Crippen LogP contribution in [0.25, 0.3) is 132 Å². The first-order valence-corrected chi connectivity index (χ1v) is 25.6. The van der Waals surface area contributed by atoms with Gasteiger partial charge in [-0.15, -0.1) is 0 Å². The molecule has 0 unspecified atom stereocenters. The lowest BCUT2D eigenvalue weighted by atomic mass is 9.83. The van der Waals surface area contributed by atoms with Gasteiger partial charge in [-0.1, -0.05) is 236 Å². The van der Waals surface area contributed by atoms with Gasteiger partial charge >= 0.3 is 0 Å². The molecule has 0 saturated carbocycles. The Morgan fingerprint density at radius 2 is 0.534 bits per heavy atom. The van der Waals surface area contributed by atoms with Crippen molar-refractivity contribution < 1.29 is 0 Å². The Hall–Kier alpha value is -9.04. The van der Waals surface area contributed by atoms with Gasteiger partial charge in [-0.2, -0.15) is 0 Å². The predicted octanol–water partition coefficient (Wildman–Crippen LogP) is 20.1. The molecule has 0 radical (unpaired) electrons. The van der Waals surface area contributed by atoms with Crippen molar-refractivity contribution in [1.29, 1.82) is 0 Å². The first-order chi connectivity index (χ1) is 35.9. The molecule has 0 aliphatic rings. The summed E-state index contributed by atoms with van der Waals surface area (Å²) < 4.78 is 2.42. The molecule has 0 spiro atoms. The van der Waals surface area contributed by atoms with Crippen LogP contribution >= 0.6 is 0 Å². The first-order valence-electron chi connectivity index (χ1n) is 25.6. The minimum absolute atomic E-state index is 0.944. The van der Waals surface area contributed by atoms with E-state index in [1.54, 1.807) is 0 Å². The summed E-state index contributed by atoms with van der Waals surface area (Å²) >= 11 is 0. The van der Waals surface area contributed by atoms with E-state index in [0.717, 1.165) is 6.54 Å². The van der Waals surface area contributed by atoms with Crippen LogP contribution in [0.2, 0.25) is 0 Å². The lowest BCUT2D eigenvalue weighted by Gasteiger charge is -2.20. The third kappa shape index (κ3) is 8.01. The summed E-state index contributed by atoms with van der Waals surface area (Å²) in [4.78, 5) is 0. The van der Waals surface area contributed by atoms with Crippen LogP contribution in [-0.2, 0) is 6.54 Å². The molecule has 0 saturated heterocycles. The lowest BCUT2D eigenvalue weighted by molar-refractivity contribution is 0.827. The van der Waals surface area contributed by atoms with E-state index in [1.807, 2.05) is 0 Å². The molecule has 0 bridgehead atoms. The minimum atomic E-state index is 0.944. The highest BCUT2D eigenvalue weighted by molar-refractivity contribution is 6.22. The van der Waals surface area contributed by atoms with Gasteiger partial charge in [0.05, 0.1) is 0 Å². The second kappa shape index (κ2) is 18.3. The van der Waals surface area contributed by atoms with Crippen LogP contribution in [0, 0.1) is 13.8 Å². The maximum atomic E-state index is 2.43. The van der Waals surface area contributed by atoms with Crippen LogP contribution in [0.5, 0.6) is 0 Å². The SMILES string of the molecule is CCn1c2ccccc2c2cc(-c3ccc(-c4ccc(-c5c6ccc(-c7ccc(C)cc7)cc6c(-c6ccc(-c7ccc(-c8ccccc8)cc7)cc6)c6ccc(-c7ccc(C)cc7)cc56)cc4)cc3)ccc21. The topological polar surface area (TPSA) is 4.93 Å². The van der Waals surface area contributed by atoms with Gasteiger partial charge in [-0.25, -0.2) is 0 Å². The Balaban J connectivity index is 0.931. The molecule has 1 aromatic heterocycles. The van der Waals surface area contributed by atoms with Gasteiger partial charge in [-0.05, 0) is 162 Å². The molecule has 73 heavy (non-hydrogen) atoms. The van der Waals surface area contributed by atoms with Gasteiger partial charge in [-0.3, -0.25) is 0 Å². The third-order valence-electron chi connectivity index (χ3n) is 15.2.